The van der Waals surface area contributed by atoms with Crippen LogP contribution >= 0.6 is 23.2 Å². The number of hydrogen-bond donors (Lipinski definition) is 1. The van der Waals surface area contributed by atoms with Crippen LogP contribution in [0.15, 0.2) is 42.5 Å². The van der Waals surface area contributed by atoms with Gasteiger partial charge >= 0.3 is 0 Å². The number of hydrogen-bond acceptors (Lipinski definition) is 3. The first-order valence-corrected chi connectivity index (χ1v) is 9.39. The van der Waals surface area contributed by atoms with Crippen molar-refractivity contribution in [3.8, 4) is 22.7 Å². The van der Waals surface area contributed by atoms with E-state index in [1.807, 2.05) is 47.1 Å². The molecule has 0 saturated carbocycles. The van der Waals surface area contributed by atoms with Crippen molar-refractivity contribution in [1.29, 1.82) is 0 Å². The molecule has 1 aliphatic rings. The number of methoxy groups -OCH3 is 1. The van der Waals surface area contributed by atoms with E-state index < -0.39 is 0 Å². The van der Waals surface area contributed by atoms with Gasteiger partial charge in [0, 0.05) is 22.7 Å². The van der Waals surface area contributed by atoms with E-state index in [2.05, 4.69) is 5.32 Å². The van der Waals surface area contributed by atoms with Crippen molar-refractivity contribution in [2.24, 2.45) is 0 Å². The van der Waals surface area contributed by atoms with Gasteiger partial charge in [-0.05, 0) is 49.6 Å². The van der Waals surface area contributed by atoms with Crippen LogP contribution in [-0.4, -0.2) is 23.4 Å². The number of halogens is 2. The maximum atomic E-state index is 6.45. The quantitative estimate of drug-likeness (QED) is 0.635. The molecule has 2 aromatic carbocycles. The minimum absolute atomic E-state index is 0.656. The summed E-state index contributed by atoms with van der Waals surface area (Å²) in [6, 6.07) is 13.3. The number of aromatic nitrogens is 2. The monoisotopic (exact) mass is 387 g/mol. The van der Waals surface area contributed by atoms with Gasteiger partial charge in [0.05, 0.1) is 17.8 Å². The molecule has 0 aliphatic carbocycles. The van der Waals surface area contributed by atoms with Gasteiger partial charge in [-0.3, -0.25) is 0 Å². The summed E-state index contributed by atoms with van der Waals surface area (Å²) in [5.74, 6) is 1.75. The lowest BCUT2D eigenvalue weighted by Crippen LogP contribution is -2.07. The summed E-state index contributed by atoms with van der Waals surface area (Å²) in [5, 5.41) is 9.76. The third-order valence-corrected chi connectivity index (χ3v) is 5.18. The summed E-state index contributed by atoms with van der Waals surface area (Å²) in [5.41, 5.74) is 3.80. The number of para-hydroxylation sites is 1. The van der Waals surface area contributed by atoms with Crippen molar-refractivity contribution in [1.82, 2.24) is 9.78 Å². The number of benzene rings is 2. The Kier molecular flexibility index (Phi) is 4.79. The molecule has 0 radical (unpaired) electrons. The molecule has 0 unspecified atom stereocenters. The van der Waals surface area contributed by atoms with E-state index in [9.17, 15) is 0 Å². The number of nitrogens with zero attached hydrogens (tertiary/aromatic N) is 2. The number of fused-ring (bicyclic) bond motifs is 1. The van der Waals surface area contributed by atoms with E-state index >= 15 is 0 Å². The molecule has 1 aromatic heterocycles. The van der Waals surface area contributed by atoms with Crippen molar-refractivity contribution in [3.63, 3.8) is 0 Å². The van der Waals surface area contributed by atoms with Crippen LogP contribution in [0.25, 0.3) is 16.9 Å². The molecule has 1 N–H and O–H groups in total. The van der Waals surface area contributed by atoms with Gasteiger partial charge in [0.15, 0.2) is 0 Å². The summed E-state index contributed by atoms with van der Waals surface area (Å²) >= 11 is 12.7. The van der Waals surface area contributed by atoms with E-state index in [1.165, 1.54) is 5.56 Å². The topological polar surface area (TPSA) is 39.1 Å². The molecule has 0 bridgehead atoms. The standard InChI is InChI=1S/C20H19Cl2N3O/c1-26-18-10-9-13(21)12-15(18)19-14-6-4-5-11-23-20(14)25(24-19)17-8-3-2-7-16(17)22/h2-3,7-10,12,23H,4-6,11H2,1H3. The van der Waals surface area contributed by atoms with Crippen LogP contribution in [0, 0.1) is 0 Å². The highest BCUT2D eigenvalue weighted by Gasteiger charge is 2.24. The van der Waals surface area contributed by atoms with E-state index in [-0.39, 0.29) is 0 Å². The molecule has 4 nitrogen and oxygen atoms in total. The number of nitrogens with one attached hydrogen (secondary N) is 1. The largest absolute Gasteiger partial charge is 0.496 e. The van der Waals surface area contributed by atoms with Crippen LogP contribution < -0.4 is 10.1 Å². The second-order valence-electron chi connectivity index (χ2n) is 6.27. The van der Waals surface area contributed by atoms with Crippen molar-refractivity contribution >= 4 is 29.0 Å². The smallest absolute Gasteiger partial charge is 0.133 e. The molecule has 2 heterocycles. The van der Waals surface area contributed by atoms with E-state index in [0.29, 0.717) is 10.0 Å². The molecule has 0 saturated heterocycles. The predicted molar refractivity (Wildman–Crippen MR) is 107 cm³/mol. The summed E-state index contributed by atoms with van der Waals surface area (Å²) < 4.78 is 7.46. The summed E-state index contributed by atoms with van der Waals surface area (Å²) in [4.78, 5) is 0. The van der Waals surface area contributed by atoms with Crippen molar-refractivity contribution in [2.75, 3.05) is 19.0 Å². The van der Waals surface area contributed by atoms with Crippen molar-refractivity contribution in [2.45, 2.75) is 19.3 Å². The van der Waals surface area contributed by atoms with Crippen molar-refractivity contribution < 1.29 is 4.74 Å². The van der Waals surface area contributed by atoms with Crippen molar-refractivity contribution in [3.05, 3.63) is 58.1 Å². The Morgan fingerprint density at radius 1 is 1.12 bits per heavy atom. The van der Waals surface area contributed by atoms with Gasteiger partial charge in [0.25, 0.3) is 0 Å². The zero-order valence-corrected chi connectivity index (χ0v) is 15.9. The highest BCUT2D eigenvalue weighted by molar-refractivity contribution is 6.32. The molecular formula is C20H19Cl2N3O. The Hall–Kier alpha value is -2.17. The zero-order valence-electron chi connectivity index (χ0n) is 14.4. The molecular weight excluding hydrogens is 369 g/mol. The predicted octanol–water partition coefficient (Wildman–Crippen LogP) is 5.60. The Balaban J connectivity index is 1.97. The van der Waals surface area contributed by atoms with Gasteiger partial charge in [0.1, 0.15) is 17.3 Å². The van der Waals surface area contributed by atoms with Crippen LogP contribution in [0.4, 0.5) is 5.82 Å². The second-order valence-corrected chi connectivity index (χ2v) is 7.11. The molecule has 0 atom stereocenters. The van der Waals surface area contributed by atoms with Gasteiger partial charge in [-0.15, -0.1) is 0 Å². The van der Waals surface area contributed by atoms with Crippen LogP contribution in [0.1, 0.15) is 18.4 Å². The fourth-order valence-corrected chi connectivity index (χ4v) is 3.77. The molecule has 6 heteroatoms. The lowest BCUT2D eigenvalue weighted by atomic mass is 10.0. The lowest BCUT2D eigenvalue weighted by molar-refractivity contribution is 0.416. The number of ether oxygens (including phenoxy) is 1. The first kappa shape index (κ1) is 17.3. The molecule has 4 rings (SSSR count). The Morgan fingerprint density at radius 3 is 2.77 bits per heavy atom. The van der Waals surface area contributed by atoms with E-state index in [0.717, 1.165) is 54.3 Å². The average molecular weight is 388 g/mol. The van der Waals surface area contributed by atoms with Gasteiger partial charge in [0.2, 0.25) is 0 Å². The highest BCUT2D eigenvalue weighted by atomic mass is 35.5. The van der Waals surface area contributed by atoms with Gasteiger partial charge in [-0.2, -0.15) is 5.10 Å². The van der Waals surface area contributed by atoms with Crippen LogP contribution in [0.5, 0.6) is 5.75 Å². The number of rotatable bonds is 3. The zero-order chi connectivity index (χ0) is 18.1. The van der Waals surface area contributed by atoms with Gasteiger partial charge < -0.3 is 10.1 Å². The molecule has 0 spiro atoms. The first-order chi connectivity index (χ1) is 12.7. The first-order valence-electron chi connectivity index (χ1n) is 8.63. The summed E-state index contributed by atoms with van der Waals surface area (Å²) in [6.07, 6.45) is 3.16. The summed E-state index contributed by atoms with van der Waals surface area (Å²) in [7, 11) is 1.66. The SMILES string of the molecule is COc1ccc(Cl)cc1-c1nn(-c2ccccc2Cl)c2c1CCCCN2. The number of anilines is 1. The fraction of sp³-hybridized carbons (Fsp3) is 0.250. The van der Waals surface area contributed by atoms with Crippen LogP contribution in [0.3, 0.4) is 0 Å². The molecule has 3 aromatic rings. The Bertz CT molecular complexity index is 952. The summed E-state index contributed by atoms with van der Waals surface area (Å²) in [6.45, 7) is 0.912. The average Bonchev–Trinajstić information content (AvgIpc) is 2.83. The Labute approximate surface area is 162 Å². The molecule has 0 fully saturated rings. The third-order valence-electron chi connectivity index (χ3n) is 4.63. The van der Waals surface area contributed by atoms with E-state index in [4.69, 9.17) is 33.0 Å². The molecule has 134 valence electrons. The molecule has 26 heavy (non-hydrogen) atoms. The molecule has 1 aliphatic heterocycles. The minimum atomic E-state index is 0.656. The normalized spacial score (nSPS) is 13.7. The second kappa shape index (κ2) is 7.22. The molecule has 0 amide bonds. The fourth-order valence-electron chi connectivity index (χ4n) is 3.38. The third kappa shape index (κ3) is 3.04. The minimum Gasteiger partial charge on any atom is -0.496 e. The Morgan fingerprint density at radius 2 is 1.96 bits per heavy atom. The van der Waals surface area contributed by atoms with Crippen LogP contribution in [0.2, 0.25) is 10.0 Å². The van der Waals surface area contributed by atoms with Gasteiger partial charge in [-0.25, -0.2) is 4.68 Å². The van der Waals surface area contributed by atoms with Crippen LogP contribution in [-0.2, 0) is 6.42 Å². The maximum absolute atomic E-state index is 6.45. The lowest BCUT2D eigenvalue weighted by Gasteiger charge is -2.10. The highest BCUT2D eigenvalue weighted by Crippen LogP contribution is 2.39. The maximum Gasteiger partial charge on any atom is 0.133 e. The van der Waals surface area contributed by atoms with E-state index in [1.54, 1.807) is 7.11 Å². The van der Waals surface area contributed by atoms with Gasteiger partial charge in [-0.1, -0.05) is 35.3 Å².